The van der Waals surface area contributed by atoms with Crippen LogP contribution in [0.5, 0.6) is 0 Å². The molecule has 1 aliphatic carbocycles. The van der Waals surface area contributed by atoms with Crippen molar-refractivity contribution in [3.8, 4) is 0 Å². The first-order valence-corrected chi connectivity index (χ1v) is 3.39. The zero-order chi connectivity index (χ0) is 6.85. The fourth-order valence-electron chi connectivity index (χ4n) is 1.10. The Labute approximate surface area is 55.8 Å². The highest BCUT2D eigenvalue weighted by Gasteiger charge is 2.17. The van der Waals surface area contributed by atoms with Crippen LogP contribution in [0.3, 0.4) is 0 Å². The van der Waals surface area contributed by atoms with Crippen LogP contribution in [-0.2, 0) is 4.79 Å². The first-order valence-electron chi connectivity index (χ1n) is 3.39. The van der Waals surface area contributed by atoms with Crippen molar-refractivity contribution in [2.24, 2.45) is 5.92 Å². The Balaban J connectivity index is 2.54. The molecule has 1 fully saturated rings. The summed E-state index contributed by atoms with van der Waals surface area (Å²) in [6.45, 7) is 5.96. The zero-order valence-electron chi connectivity index (χ0n) is 5.81. The maximum absolute atomic E-state index is 10.8. The van der Waals surface area contributed by atoms with Gasteiger partial charge in [-0.2, -0.15) is 0 Å². The number of hydrogen-bond acceptors (Lipinski definition) is 1. The van der Waals surface area contributed by atoms with Gasteiger partial charge < -0.3 is 0 Å². The van der Waals surface area contributed by atoms with Crippen molar-refractivity contribution >= 4 is 5.78 Å². The molecule has 0 aromatic rings. The molecule has 0 heterocycles. The van der Waals surface area contributed by atoms with Gasteiger partial charge in [0.2, 0.25) is 0 Å². The molecule has 0 saturated heterocycles. The molecule has 1 rings (SSSR count). The van der Waals surface area contributed by atoms with E-state index in [2.05, 4.69) is 13.5 Å². The summed E-state index contributed by atoms with van der Waals surface area (Å²) in [5.41, 5.74) is 1.12. The third-order valence-electron chi connectivity index (χ3n) is 1.98. The first kappa shape index (κ1) is 6.53. The normalized spacial score (nSPS) is 28.8. The predicted octanol–water partition coefficient (Wildman–Crippen LogP) is 1.93. The van der Waals surface area contributed by atoms with Gasteiger partial charge in [0.25, 0.3) is 0 Å². The van der Waals surface area contributed by atoms with E-state index in [0.717, 1.165) is 18.4 Å². The molecule has 1 nitrogen and oxygen atoms in total. The molecule has 0 amide bonds. The summed E-state index contributed by atoms with van der Waals surface area (Å²) in [5.74, 6) is 0.931. The summed E-state index contributed by atoms with van der Waals surface area (Å²) < 4.78 is 0. The van der Waals surface area contributed by atoms with Crippen molar-refractivity contribution in [1.82, 2.24) is 0 Å². The van der Waals surface area contributed by atoms with E-state index in [9.17, 15) is 4.79 Å². The van der Waals surface area contributed by atoms with Gasteiger partial charge in [-0.15, -0.1) is 0 Å². The SMILES string of the molecule is C=C1CC(=O)CCC1C. The van der Waals surface area contributed by atoms with Crippen LogP contribution in [0.25, 0.3) is 0 Å². The highest BCUT2D eigenvalue weighted by atomic mass is 16.1. The fourth-order valence-corrected chi connectivity index (χ4v) is 1.10. The van der Waals surface area contributed by atoms with Crippen molar-refractivity contribution in [3.63, 3.8) is 0 Å². The standard InChI is InChI=1S/C8H12O/c1-6-3-4-8(9)5-7(6)2/h6H,2-5H2,1H3. The lowest BCUT2D eigenvalue weighted by Gasteiger charge is -2.18. The van der Waals surface area contributed by atoms with Crippen LogP contribution < -0.4 is 0 Å². The Bertz CT molecular complexity index is 147. The minimum absolute atomic E-state index is 0.359. The lowest BCUT2D eigenvalue weighted by atomic mass is 9.86. The van der Waals surface area contributed by atoms with Crippen LogP contribution in [0.2, 0.25) is 0 Å². The van der Waals surface area contributed by atoms with E-state index in [1.807, 2.05) is 0 Å². The summed E-state index contributed by atoms with van der Waals surface area (Å²) in [6, 6.07) is 0. The molecular formula is C8H12O. The number of allylic oxidation sites excluding steroid dienone is 1. The maximum Gasteiger partial charge on any atom is 0.136 e. The van der Waals surface area contributed by atoms with E-state index in [1.165, 1.54) is 0 Å². The second-order valence-electron chi connectivity index (χ2n) is 2.81. The van der Waals surface area contributed by atoms with E-state index >= 15 is 0 Å². The lowest BCUT2D eigenvalue weighted by molar-refractivity contribution is -0.119. The van der Waals surface area contributed by atoms with Crippen LogP contribution in [0.15, 0.2) is 12.2 Å². The lowest BCUT2D eigenvalue weighted by Crippen LogP contribution is -2.13. The third-order valence-corrected chi connectivity index (χ3v) is 1.98. The summed E-state index contributed by atoms with van der Waals surface area (Å²) in [4.78, 5) is 10.8. The molecule has 0 aliphatic heterocycles. The molecule has 1 atom stereocenters. The van der Waals surface area contributed by atoms with E-state index < -0.39 is 0 Å². The average Bonchev–Trinajstić information content (AvgIpc) is 1.80. The van der Waals surface area contributed by atoms with Gasteiger partial charge in [0, 0.05) is 12.8 Å². The molecule has 0 bridgehead atoms. The topological polar surface area (TPSA) is 17.1 Å². The highest BCUT2D eigenvalue weighted by Crippen LogP contribution is 2.24. The molecule has 1 saturated carbocycles. The summed E-state index contributed by atoms with van der Waals surface area (Å²) >= 11 is 0. The van der Waals surface area contributed by atoms with Crippen LogP contribution in [0.4, 0.5) is 0 Å². The molecule has 0 aromatic heterocycles. The third kappa shape index (κ3) is 1.41. The smallest absolute Gasteiger partial charge is 0.136 e. The van der Waals surface area contributed by atoms with Gasteiger partial charge in [0.05, 0.1) is 0 Å². The second-order valence-corrected chi connectivity index (χ2v) is 2.81. The Kier molecular flexibility index (Phi) is 1.70. The van der Waals surface area contributed by atoms with Crippen molar-refractivity contribution < 1.29 is 4.79 Å². The van der Waals surface area contributed by atoms with Gasteiger partial charge in [0.1, 0.15) is 5.78 Å². The number of rotatable bonds is 0. The molecule has 1 unspecified atom stereocenters. The number of Topliss-reactive ketones (excluding diaryl/α,β-unsaturated/α-hetero) is 1. The zero-order valence-corrected chi connectivity index (χ0v) is 5.81. The van der Waals surface area contributed by atoms with E-state index in [-0.39, 0.29) is 0 Å². The number of carbonyl (C=O) groups is 1. The van der Waals surface area contributed by atoms with Crippen LogP contribution in [0.1, 0.15) is 26.2 Å². The van der Waals surface area contributed by atoms with Gasteiger partial charge in [-0.05, 0) is 12.3 Å². The fraction of sp³-hybridized carbons (Fsp3) is 0.625. The minimum Gasteiger partial charge on any atom is -0.299 e. The first-order chi connectivity index (χ1) is 4.20. The highest BCUT2D eigenvalue weighted by molar-refractivity contribution is 5.81. The molecule has 1 heteroatoms. The van der Waals surface area contributed by atoms with Crippen molar-refractivity contribution in [2.45, 2.75) is 26.2 Å². The summed E-state index contributed by atoms with van der Waals surface area (Å²) in [6.07, 6.45) is 2.40. The maximum atomic E-state index is 10.8. The predicted molar refractivity (Wildman–Crippen MR) is 37.2 cm³/mol. The number of ketones is 1. The van der Waals surface area contributed by atoms with Gasteiger partial charge in [0.15, 0.2) is 0 Å². The largest absolute Gasteiger partial charge is 0.299 e. The van der Waals surface area contributed by atoms with Crippen LogP contribution in [0, 0.1) is 5.92 Å². The van der Waals surface area contributed by atoms with Crippen molar-refractivity contribution in [3.05, 3.63) is 12.2 Å². The monoisotopic (exact) mass is 124 g/mol. The molecule has 0 radical (unpaired) electrons. The number of carbonyl (C=O) groups excluding carboxylic acids is 1. The van der Waals surface area contributed by atoms with Crippen molar-refractivity contribution in [2.75, 3.05) is 0 Å². The summed E-state index contributed by atoms with van der Waals surface area (Å²) in [5, 5.41) is 0. The summed E-state index contributed by atoms with van der Waals surface area (Å²) in [7, 11) is 0. The molecular weight excluding hydrogens is 112 g/mol. The molecule has 0 N–H and O–H groups in total. The Morgan fingerprint density at radius 2 is 2.33 bits per heavy atom. The van der Waals surface area contributed by atoms with E-state index in [4.69, 9.17) is 0 Å². The van der Waals surface area contributed by atoms with Gasteiger partial charge in [-0.1, -0.05) is 19.1 Å². The second kappa shape index (κ2) is 2.34. The molecule has 1 aliphatic rings. The van der Waals surface area contributed by atoms with E-state index in [0.29, 0.717) is 18.1 Å². The van der Waals surface area contributed by atoms with Gasteiger partial charge in [-0.3, -0.25) is 4.79 Å². The van der Waals surface area contributed by atoms with E-state index in [1.54, 1.807) is 0 Å². The average molecular weight is 124 g/mol. The minimum atomic E-state index is 0.359. The van der Waals surface area contributed by atoms with Crippen LogP contribution >= 0.6 is 0 Å². The molecule has 50 valence electrons. The molecule has 0 aromatic carbocycles. The van der Waals surface area contributed by atoms with Gasteiger partial charge >= 0.3 is 0 Å². The van der Waals surface area contributed by atoms with Crippen LogP contribution in [-0.4, -0.2) is 5.78 Å². The number of hydrogen-bond donors (Lipinski definition) is 0. The Hall–Kier alpha value is -0.590. The van der Waals surface area contributed by atoms with Gasteiger partial charge in [-0.25, -0.2) is 0 Å². The quantitative estimate of drug-likeness (QED) is 0.451. The molecule has 9 heavy (non-hydrogen) atoms. The molecule has 0 spiro atoms. The Morgan fingerprint density at radius 1 is 1.67 bits per heavy atom. The van der Waals surface area contributed by atoms with Crippen molar-refractivity contribution in [1.29, 1.82) is 0 Å². The Morgan fingerprint density at radius 3 is 2.78 bits per heavy atom.